The average molecular weight is 283 g/mol. The summed E-state index contributed by atoms with van der Waals surface area (Å²) in [7, 11) is 0. The lowest BCUT2D eigenvalue weighted by atomic mass is 9.93. The first-order chi connectivity index (χ1) is 7.64. The Morgan fingerprint density at radius 2 is 2.06 bits per heavy atom. The minimum atomic E-state index is -0.0689. The molecule has 0 spiro atoms. The fourth-order valence-electron chi connectivity index (χ4n) is 2.46. The quantitative estimate of drug-likeness (QED) is 0.785. The third-order valence-corrected chi connectivity index (χ3v) is 3.96. The summed E-state index contributed by atoms with van der Waals surface area (Å²) in [6.07, 6.45) is 5.19. The lowest BCUT2D eigenvalue weighted by molar-refractivity contribution is -0.0353. The Kier molecular flexibility index (Phi) is 3.70. The molecule has 2 atom stereocenters. The zero-order valence-electron chi connectivity index (χ0n) is 10.0. The topological polar surface area (TPSA) is 9.23 Å². The molecule has 88 valence electrons. The van der Waals surface area contributed by atoms with Crippen LogP contribution < -0.4 is 0 Å². The van der Waals surface area contributed by atoms with E-state index in [1.165, 1.54) is 24.8 Å². The predicted molar refractivity (Wildman–Crippen MR) is 70.5 cm³/mol. The van der Waals surface area contributed by atoms with E-state index in [9.17, 15) is 0 Å². The third-order valence-electron chi connectivity index (χ3n) is 3.44. The fourth-order valence-corrected chi connectivity index (χ4v) is 2.73. The van der Waals surface area contributed by atoms with Crippen molar-refractivity contribution in [3.8, 4) is 0 Å². The van der Waals surface area contributed by atoms with Gasteiger partial charge in [0.15, 0.2) is 0 Å². The van der Waals surface area contributed by atoms with Crippen LogP contribution in [0.5, 0.6) is 0 Å². The van der Waals surface area contributed by atoms with E-state index >= 15 is 0 Å². The molecule has 1 fully saturated rings. The largest absolute Gasteiger partial charge is 0.367 e. The summed E-state index contributed by atoms with van der Waals surface area (Å²) in [4.78, 5) is 0. The highest BCUT2D eigenvalue weighted by molar-refractivity contribution is 9.10. The normalized spacial score (nSPS) is 29.6. The smallest absolute Gasteiger partial charge is 0.0908 e. The lowest BCUT2D eigenvalue weighted by Gasteiger charge is -2.25. The second-order valence-electron chi connectivity index (χ2n) is 4.80. The second-order valence-corrected chi connectivity index (χ2v) is 5.72. The van der Waals surface area contributed by atoms with Crippen molar-refractivity contribution in [1.29, 1.82) is 0 Å². The summed E-state index contributed by atoms with van der Waals surface area (Å²) in [5, 5.41) is 0. The summed E-state index contributed by atoms with van der Waals surface area (Å²) in [6.45, 7) is 4.44. The van der Waals surface area contributed by atoms with E-state index in [0.717, 1.165) is 10.9 Å². The molecule has 1 heterocycles. The molecule has 0 amide bonds. The van der Waals surface area contributed by atoms with Crippen molar-refractivity contribution in [2.45, 2.75) is 51.2 Å². The maximum Gasteiger partial charge on any atom is 0.0908 e. The fraction of sp³-hybridized carbons (Fsp3) is 0.571. The maximum atomic E-state index is 6.20. The summed E-state index contributed by atoms with van der Waals surface area (Å²) >= 11 is 3.47. The number of hydrogen-bond donors (Lipinski definition) is 0. The van der Waals surface area contributed by atoms with Crippen molar-refractivity contribution in [2.75, 3.05) is 0 Å². The van der Waals surface area contributed by atoms with E-state index in [-0.39, 0.29) is 5.60 Å². The first-order valence-corrected chi connectivity index (χ1v) is 6.87. The minimum Gasteiger partial charge on any atom is -0.367 e. The van der Waals surface area contributed by atoms with E-state index in [1.54, 1.807) is 0 Å². The van der Waals surface area contributed by atoms with Gasteiger partial charge in [-0.3, -0.25) is 0 Å². The maximum absolute atomic E-state index is 6.20. The molecule has 16 heavy (non-hydrogen) atoms. The Labute approximate surface area is 106 Å². The van der Waals surface area contributed by atoms with Crippen LogP contribution in [-0.2, 0) is 10.3 Å². The minimum absolute atomic E-state index is 0.0689. The van der Waals surface area contributed by atoms with E-state index < -0.39 is 0 Å². The molecule has 0 radical (unpaired) electrons. The number of benzene rings is 1. The second kappa shape index (κ2) is 4.89. The molecule has 0 saturated carbocycles. The average Bonchev–Trinajstić information content (AvgIpc) is 2.63. The molecular formula is C14H19BrO. The molecule has 0 aromatic heterocycles. The SMILES string of the molecule is CCC[C@@H]1CC[C@](C)(c2ccc(Br)cc2)O1. The molecule has 0 bridgehead atoms. The number of rotatable bonds is 3. The van der Waals surface area contributed by atoms with Crippen LogP contribution in [0.1, 0.15) is 45.1 Å². The number of halogens is 1. The van der Waals surface area contributed by atoms with Gasteiger partial charge in [-0.2, -0.15) is 0 Å². The summed E-state index contributed by atoms with van der Waals surface area (Å²) in [5.74, 6) is 0. The van der Waals surface area contributed by atoms with Crippen LogP contribution in [0.25, 0.3) is 0 Å². The Bertz CT molecular complexity index is 346. The molecule has 1 saturated heterocycles. The number of hydrogen-bond acceptors (Lipinski definition) is 1. The molecular weight excluding hydrogens is 264 g/mol. The van der Waals surface area contributed by atoms with Gasteiger partial charge in [-0.1, -0.05) is 41.4 Å². The van der Waals surface area contributed by atoms with Gasteiger partial charge in [0.2, 0.25) is 0 Å². The van der Waals surface area contributed by atoms with Gasteiger partial charge in [0, 0.05) is 4.47 Å². The first kappa shape index (κ1) is 12.1. The van der Waals surface area contributed by atoms with E-state index in [0.29, 0.717) is 6.10 Å². The van der Waals surface area contributed by atoms with Crippen LogP contribution in [0.4, 0.5) is 0 Å². The van der Waals surface area contributed by atoms with Crippen LogP contribution in [0.15, 0.2) is 28.7 Å². The van der Waals surface area contributed by atoms with Gasteiger partial charge in [0.05, 0.1) is 11.7 Å². The van der Waals surface area contributed by atoms with Gasteiger partial charge in [-0.25, -0.2) is 0 Å². The molecule has 2 heteroatoms. The Balaban J connectivity index is 2.12. The van der Waals surface area contributed by atoms with Crippen LogP contribution >= 0.6 is 15.9 Å². The predicted octanol–water partition coefficient (Wildman–Crippen LogP) is 4.64. The van der Waals surface area contributed by atoms with Crippen LogP contribution in [0.3, 0.4) is 0 Å². The van der Waals surface area contributed by atoms with Crippen molar-refractivity contribution in [2.24, 2.45) is 0 Å². The monoisotopic (exact) mass is 282 g/mol. The molecule has 1 aromatic rings. The van der Waals surface area contributed by atoms with E-state index in [1.807, 2.05) is 0 Å². The zero-order chi connectivity index (χ0) is 11.6. The highest BCUT2D eigenvalue weighted by Gasteiger charge is 2.36. The van der Waals surface area contributed by atoms with Gasteiger partial charge >= 0.3 is 0 Å². The summed E-state index contributed by atoms with van der Waals surface area (Å²) in [6, 6.07) is 8.52. The Morgan fingerprint density at radius 1 is 1.38 bits per heavy atom. The van der Waals surface area contributed by atoms with Crippen molar-refractivity contribution >= 4 is 15.9 Å². The summed E-state index contributed by atoms with van der Waals surface area (Å²) in [5.41, 5.74) is 1.23. The van der Waals surface area contributed by atoms with Gasteiger partial charge in [0.25, 0.3) is 0 Å². The van der Waals surface area contributed by atoms with E-state index in [2.05, 4.69) is 54.0 Å². The van der Waals surface area contributed by atoms with Crippen molar-refractivity contribution in [1.82, 2.24) is 0 Å². The Morgan fingerprint density at radius 3 is 2.69 bits per heavy atom. The molecule has 2 rings (SSSR count). The molecule has 1 nitrogen and oxygen atoms in total. The van der Waals surface area contributed by atoms with Crippen LogP contribution in [0, 0.1) is 0 Å². The van der Waals surface area contributed by atoms with Crippen molar-refractivity contribution < 1.29 is 4.74 Å². The van der Waals surface area contributed by atoms with Crippen molar-refractivity contribution in [3.63, 3.8) is 0 Å². The molecule has 0 N–H and O–H groups in total. The van der Waals surface area contributed by atoms with Crippen LogP contribution in [0.2, 0.25) is 0 Å². The van der Waals surface area contributed by atoms with Crippen LogP contribution in [-0.4, -0.2) is 6.10 Å². The third kappa shape index (κ3) is 2.49. The van der Waals surface area contributed by atoms with E-state index in [4.69, 9.17) is 4.74 Å². The molecule has 0 aliphatic carbocycles. The Hall–Kier alpha value is -0.340. The molecule has 1 aromatic carbocycles. The number of ether oxygens (including phenoxy) is 1. The molecule has 1 aliphatic heterocycles. The van der Waals surface area contributed by atoms with Gasteiger partial charge in [0.1, 0.15) is 0 Å². The highest BCUT2D eigenvalue weighted by Crippen LogP contribution is 2.40. The highest BCUT2D eigenvalue weighted by atomic mass is 79.9. The van der Waals surface area contributed by atoms with Gasteiger partial charge in [-0.15, -0.1) is 0 Å². The van der Waals surface area contributed by atoms with Gasteiger partial charge < -0.3 is 4.74 Å². The molecule has 0 unspecified atom stereocenters. The first-order valence-electron chi connectivity index (χ1n) is 6.08. The molecule has 1 aliphatic rings. The standard InChI is InChI=1S/C14H19BrO/c1-3-4-13-9-10-14(2,16-13)11-5-7-12(15)8-6-11/h5-8,13H,3-4,9-10H2,1-2H3/t13-,14-/m1/s1. The van der Waals surface area contributed by atoms with Crippen molar-refractivity contribution in [3.05, 3.63) is 34.3 Å². The zero-order valence-corrected chi connectivity index (χ0v) is 11.6. The summed E-state index contributed by atoms with van der Waals surface area (Å²) < 4.78 is 7.33. The lowest BCUT2D eigenvalue weighted by Crippen LogP contribution is -2.22. The van der Waals surface area contributed by atoms with Gasteiger partial charge in [-0.05, 0) is 43.9 Å².